The summed E-state index contributed by atoms with van der Waals surface area (Å²) in [5.74, 6) is 0. The molecule has 0 fully saturated rings. The first-order chi connectivity index (χ1) is 6.97. The van der Waals surface area contributed by atoms with Crippen molar-refractivity contribution in [1.82, 2.24) is 0 Å². The van der Waals surface area contributed by atoms with Gasteiger partial charge in [0.15, 0.2) is 0 Å². The van der Waals surface area contributed by atoms with Crippen molar-refractivity contribution in [3.05, 3.63) is 48.5 Å². The molecule has 0 saturated carbocycles. The molecule has 2 rings (SSSR count). The van der Waals surface area contributed by atoms with Crippen LogP contribution in [-0.2, 0) is 10.1 Å². The van der Waals surface area contributed by atoms with Crippen molar-refractivity contribution in [3.8, 4) is 0 Å². The first-order valence-corrected chi connectivity index (χ1v) is 6.18. The van der Waals surface area contributed by atoms with E-state index in [0.29, 0.717) is 6.26 Å². The van der Waals surface area contributed by atoms with Gasteiger partial charge in [0.2, 0.25) is 0 Å². The molecule has 4 heteroatoms. The molecule has 0 amide bonds. The zero-order valence-electron chi connectivity index (χ0n) is 8.29. The highest BCUT2D eigenvalue weighted by atomic mass is 32.2. The molecule has 0 aromatic heterocycles. The van der Waals surface area contributed by atoms with Gasteiger partial charge in [-0.3, -0.25) is 4.55 Å². The number of benzene rings is 2. The quantitative estimate of drug-likeness (QED) is 0.699. The highest BCUT2D eigenvalue weighted by Gasteiger charge is 1.85. The van der Waals surface area contributed by atoms with Crippen LogP contribution in [0.25, 0.3) is 10.8 Å². The number of hydrogen-bond donors (Lipinski definition) is 1. The summed E-state index contributed by atoms with van der Waals surface area (Å²) in [6.07, 6.45) is 0.715. The van der Waals surface area contributed by atoms with Crippen LogP contribution < -0.4 is 0 Å². The van der Waals surface area contributed by atoms with E-state index in [9.17, 15) is 8.42 Å². The van der Waals surface area contributed by atoms with Gasteiger partial charge in [-0.15, -0.1) is 0 Å². The highest BCUT2D eigenvalue weighted by molar-refractivity contribution is 7.85. The SMILES string of the molecule is CS(=O)(=O)O.c1ccc2ccccc2c1. The van der Waals surface area contributed by atoms with E-state index in [2.05, 4.69) is 48.5 Å². The molecule has 1 N–H and O–H groups in total. The van der Waals surface area contributed by atoms with Gasteiger partial charge in [-0.1, -0.05) is 48.5 Å². The summed E-state index contributed by atoms with van der Waals surface area (Å²) in [5, 5.41) is 2.62. The molecule has 0 atom stereocenters. The van der Waals surface area contributed by atoms with Crippen molar-refractivity contribution < 1.29 is 13.0 Å². The molecule has 0 spiro atoms. The molecule has 15 heavy (non-hydrogen) atoms. The molecule has 3 nitrogen and oxygen atoms in total. The second kappa shape index (κ2) is 4.91. The van der Waals surface area contributed by atoms with Gasteiger partial charge < -0.3 is 0 Å². The Morgan fingerprint density at radius 3 is 1.27 bits per heavy atom. The van der Waals surface area contributed by atoms with E-state index in [0.717, 1.165) is 0 Å². The molecule has 0 aliphatic carbocycles. The summed E-state index contributed by atoms with van der Waals surface area (Å²) < 4.78 is 25.9. The van der Waals surface area contributed by atoms with E-state index < -0.39 is 10.1 Å². The molecule has 0 saturated heterocycles. The molecule has 0 bridgehead atoms. The molecule has 0 heterocycles. The van der Waals surface area contributed by atoms with Gasteiger partial charge in [0.05, 0.1) is 6.26 Å². The number of hydrogen-bond acceptors (Lipinski definition) is 2. The molecule has 2 aromatic carbocycles. The van der Waals surface area contributed by atoms with E-state index in [1.807, 2.05) is 0 Å². The molecule has 0 aliphatic rings. The third kappa shape index (κ3) is 5.15. The fourth-order valence-electron chi connectivity index (χ4n) is 1.13. The van der Waals surface area contributed by atoms with E-state index in [1.54, 1.807) is 0 Å². The lowest BCUT2D eigenvalue weighted by Gasteiger charge is -1.92. The van der Waals surface area contributed by atoms with Crippen LogP contribution in [-0.4, -0.2) is 19.2 Å². The topological polar surface area (TPSA) is 54.4 Å². The maximum atomic E-state index is 9.19. The smallest absolute Gasteiger partial charge is 0.261 e. The van der Waals surface area contributed by atoms with Gasteiger partial charge >= 0.3 is 0 Å². The lowest BCUT2D eigenvalue weighted by atomic mass is 10.1. The maximum absolute atomic E-state index is 9.19. The van der Waals surface area contributed by atoms with Gasteiger partial charge in [0.1, 0.15) is 0 Å². The molecule has 0 aliphatic heterocycles. The van der Waals surface area contributed by atoms with E-state index in [4.69, 9.17) is 4.55 Å². The predicted octanol–water partition coefficient (Wildman–Crippen LogP) is 2.34. The summed E-state index contributed by atoms with van der Waals surface area (Å²) >= 11 is 0. The summed E-state index contributed by atoms with van der Waals surface area (Å²) in [6.45, 7) is 0. The zero-order chi connectivity index (χ0) is 11.3. The average Bonchev–Trinajstić information content (AvgIpc) is 2.16. The van der Waals surface area contributed by atoms with Crippen LogP contribution in [0.1, 0.15) is 0 Å². The van der Waals surface area contributed by atoms with Crippen LogP contribution in [0, 0.1) is 0 Å². The molecule has 0 unspecified atom stereocenters. The van der Waals surface area contributed by atoms with Crippen molar-refractivity contribution in [2.75, 3.05) is 6.26 Å². The van der Waals surface area contributed by atoms with Gasteiger partial charge in [0.25, 0.3) is 10.1 Å². The third-order valence-electron chi connectivity index (χ3n) is 1.66. The Kier molecular flexibility index (Phi) is 3.82. The van der Waals surface area contributed by atoms with Gasteiger partial charge in [-0.05, 0) is 10.8 Å². The predicted molar refractivity (Wildman–Crippen MR) is 61.4 cm³/mol. The molecule has 0 radical (unpaired) electrons. The Morgan fingerprint density at radius 2 is 1.07 bits per heavy atom. The van der Waals surface area contributed by atoms with Gasteiger partial charge in [-0.2, -0.15) is 8.42 Å². The second-order valence-electron chi connectivity index (χ2n) is 3.08. The van der Waals surface area contributed by atoms with Crippen molar-refractivity contribution in [2.45, 2.75) is 0 Å². The van der Waals surface area contributed by atoms with Crippen LogP contribution >= 0.6 is 0 Å². The lowest BCUT2D eigenvalue weighted by Crippen LogP contribution is -1.88. The fraction of sp³-hybridized carbons (Fsp3) is 0.0909. The van der Waals surface area contributed by atoms with E-state index in [-0.39, 0.29) is 0 Å². The lowest BCUT2D eigenvalue weighted by molar-refractivity contribution is 0.490. The van der Waals surface area contributed by atoms with Gasteiger partial charge in [-0.25, -0.2) is 0 Å². The summed E-state index contributed by atoms with van der Waals surface area (Å²) in [5.41, 5.74) is 0. The van der Waals surface area contributed by atoms with Crippen LogP contribution in [0.2, 0.25) is 0 Å². The van der Waals surface area contributed by atoms with Crippen molar-refractivity contribution in [2.24, 2.45) is 0 Å². The van der Waals surface area contributed by atoms with Crippen LogP contribution in [0.3, 0.4) is 0 Å². The zero-order valence-corrected chi connectivity index (χ0v) is 9.11. The minimum atomic E-state index is -3.67. The Labute approximate surface area is 89.1 Å². The molecule has 2 aromatic rings. The third-order valence-corrected chi connectivity index (χ3v) is 1.66. The first-order valence-electron chi connectivity index (χ1n) is 4.33. The summed E-state index contributed by atoms with van der Waals surface area (Å²) in [7, 11) is -3.67. The largest absolute Gasteiger partial charge is 0.286 e. The molecular weight excluding hydrogens is 212 g/mol. The van der Waals surface area contributed by atoms with Crippen LogP contribution in [0.4, 0.5) is 0 Å². The standard InChI is InChI=1S/C10H8.CH4O3S/c1-2-6-10-8-4-3-7-9(10)5-1;1-5(2,3)4/h1-8H;1H3,(H,2,3,4). The summed E-state index contributed by atoms with van der Waals surface area (Å²) in [6, 6.07) is 16.7. The van der Waals surface area contributed by atoms with Gasteiger partial charge in [0, 0.05) is 0 Å². The number of fused-ring (bicyclic) bond motifs is 1. The Balaban J connectivity index is 0.000000195. The Bertz CT molecular complexity index is 459. The van der Waals surface area contributed by atoms with Crippen molar-refractivity contribution >= 4 is 20.9 Å². The van der Waals surface area contributed by atoms with Crippen molar-refractivity contribution in [1.29, 1.82) is 0 Å². The highest BCUT2D eigenvalue weighted by Crippen LogP contribution is 2.11. The molecular formula is C11H12O3S. The number of rotatable bonds is 0. The first kappa shape index (κ1) is 11.7. The minimum absolute atomic E-state index is 0.715. The van der Waals surface area contributed by atoms with Crippen molar-refractivity contribution in [3.63, 3.8) is 0 Å². The van der Waals surface area contributed by atoms with E-state index >= 15 is 0 Å². The minimum Gasteiger partial charge on any atom is -0.286 e. The maximum Gasteiger partial charge on any atom is 0.261 e. The monoisotopic (exact) mass is 224 g/mol. The fourth-order valence-corrected chi connectivity index (χ4v) is 1.13. The average molecular weight is 224 g/mol. The van der Waals surface area contributed by atoms with E-state index in [1.165, 1.54) is 10.8 Å². The summed E-state index contributed by atoms with van der Waals surface area (Å²) in [4.78, 5) is 0. The molecule has 80 valence electrons. The Hall–Kier alpha value is -1.39. The second-order valence-corrected chi connectivity index (χ2v) is 4.55. The van der Waals surface area contributed by atoms with Crippen LogP contribution in [0.5, 0.6) is 0 Å². The van der Waals surface area contributed by atoms with Crippen LogP contribution in [0.15, 0.2) is 48.5 Å². The normalized spacial score (nSPS) is 10.5. The Morgan fingerprint density at radius 1 is 0.867 bits per heavy atom.